The predicted molar refractivity (Wildman–Crippen MR) is 72.3 cm³/mol. The first-order valence-electron chi connectivity index (χ1n) is 6.31. The zero-order chi connectivity index (χ0) is 14.9. The van der Waals surface area contributed by atoms with Crippen molar-refractivity contribution in [2.75, 3.05) is 13.2 Å². The third-order valence-corrected chi connectivity index (χ3v) is 5.15. The molecule has 0 unspecified atom stereocenters. The van der Waals surface area contributed by atoms with Crippen LogP contribution in [-0.4, -0.2) is 43.0 Å². The summed E-state index contributed by atoms with van der Waals surface area (Å²) in [6, 6.07) is 4.21. The molecule has 1 N–H and O–H groups in total. The van der Waals surface area contributed by atoms with E-state index in [4.69, 9.17) is 9.84 Å². The number of benzene rings is 1. The predicted octanol–water partition coefficient (Wildman–Crippen LogP) is 1.11. The number of carboxylic acid groups (broad SMARTS) is 1. The van der Waals surface area contributed by atoms with E-state index >= 15 is 0 Å². The fraction of sp³-hybridized carbons (Fsp3) is 0.462. The highest BCUT2D eigenvalue weighted by atomic mass is 32.2. The van der Waals surface area contributed by atoms with Crippen molar-refractivity contribution in [3.8, 4) is 5.75 Å². The Bertz CT molecular complexity index is 624. The molecule has 1 aliphatic rings. The summed E-state index contributed by atoms with van der Waals surface area (Å²) in [6.45, 7) is 3.30. The molecule has 20 heavy (non-hydrogen) atoms. The molecule has 0 bridgehead atoms. The van der Waals surface area contributed by atoms with Crippen molar-refractivity contribution in [3.05, 3.63) is 23.8 Å². The van der Waals surface area contributed by atoms with E-state index in [1.165, 1.54) is 6.07 Å². The lowest BCUT2D eigenvalue weighted by Gasteiger charge is -2.24. The average Bonchev–Trinajstić information content (AvgIpc) is 2.82. The fourth-order valence-corrected chi connectivity index (χ4v) is 3.77. The van der Waals surface area contributed by atoms with Gasteiger partial charge in [-0.15, -0.1) is 0 Å². The SMILES string of the molecule is CC(C)N(CC(=O)O)S(=O)(=O)c1ccc2c(c1)CCO2. The highest BCUT2D eigenvalue weighted by molar-refractivity contribution is 7.89. The molecule has 0 radical (unpaired) electrons. The first-order valence-corrected chi connectivity index (χ1v) is 7.75. The number of nitrogens with zero attached hydrogens (tertiary/aromatic N) is 1. The van der Waals surface area contributed by atoms with Crippen LogP contribution in [0.25, 0.3) is 0 Å². The maximum absolute atomic E-state index is 12.5. The second kappa shape index (κ2) is 5.41. The van der Waals surface area contributed by atoms with Crippen LogP contribution in [0.3, 0.4) is 0 Å². The highest BCUT2D eigenvalue weighted by Gasteiger charge is 2.30. The monoisotopic (exact) mass is 299 g/mol. The van der Waals surface area contributed by atoms with Crippen molar-refractivity contribution < 1.29 is 23.1 Å². The number of hydrogen-bond donors (Lipinski definition) is 1. The molecule has 0 fully saturated rings. The van der Waals surface area contributed by atoms with Gasteiger partial charge >= 0.3 is 5.97 Å². The third-order valence-electron chi connectivity index (χ3n) is 3.13. The van der Waals surface area contributed by atoms with Gasteiger partial charge in [-0.25, -0.2) is 8.42 Å². The van der Waals surface area contributed by atoms with Crippen molar-refractivity contribution >= 4 is 16.0 Å². The second-order valence-corrected chi connectivity index (χ2v) is 6.80. The van der Waals surface area contributed by atoms with Crippen LogP contribution in [-0.2, 0) is 21.2 Å². The lowest BCUT2D eigenvalue weighted by atomic mass is 10.2. The smallest absolute Gasteiger partial charge is 0.318 e. The van der Waals surface area contributed by atoms with Crippen molar-refractivity contribution in [1.82, 2.24) is 4.31 Å². The van der Waals surface area contributed by atoms with Gasteiger partial charge in [-0.2, -0.15) is 4.31 Å². The van der Waals surface area contributed by atoms with Crippen LogP contribution in [0.1, 0.15) is 19.4 Å². The highest BCUT2D eigenvalue weighted by Crippen LogP contribution is 2.29. The normalized spacial score (nSPS) is 14.4. The van der Waals surface area contributed by atoms with Gasteiger partial charge < -0.3 is 9.84 Å². The minimum absolute atomic E-state index is 0.108. The van der Waals surface area contributed by atoms with Gasteiger partial charge in [0, 0.05) is 12.5 Å². The number of hydrogen-bond acceptors (Lipinski definition) is 4. The molecule has 0 atom stereocenters. The molecule has 0 saturated heterocycles. The van der Waals surface area contributed by atoms with E-state index in [0.717, 1.165) is 9.87 Å². The summed E-state index contributed by atoms with van der Waals surface area (Å²) in [5.41, 5.74) is 0.838. The number of aliphatic carboxylic acids is 1. The Morgan fingerprint density at radius 1 is 1.45 bits per heavy atom. The Kier molecular flexibility index (Phi) is 4.01. The molecule has 1 aromatic carbocycles. The van der Waals surface area contributed by atoms with Gasteiger partial charge in [0.15, 0.2) is 0 Å². The minimum Gasteiger partial charge on any atom is -0.493 e. The first-order chi connectivity index (χ1) is 9.32. The second-order valence-electron chi connectivity index (χ2n) is 4.91. The van der Waals surface area contributed by atoms with Gasteiger partial charge in [0.2, 0.25) is 10.0 Å². The van der Waals surface area contributed by atoms with Crippen molar-refractivity contribution in [2.24, 2.45) is 0 Å². The lowest BCUT2D eigenvalue weighted by Crippen LogP contribution is -2.40. The minimum atomic E-state index is -3.82. The summed E-state index contributed by atoms with van der Waals surface area (Å²) in [6.07, 6.45) is 0.666. The largest absolute Gasteiger partial charge is 0.493 e. The number of rotatable bonds is 5. The Balaban J connectivity index is 2.40. The number of ether oxygens (including phenoxy) is 1. The maximum Gasteiger partial charge on any atom is 0.318 e. The molecule has 110 valence electrons. The molecule has 1 aromatic rings. The number of carboxylic acids is 1. The summed E-state index contributed by atoms with van der Waals surface area (Å²) >= 11 is 0. The maximum atomic E-state index is 12.5. The summed E-state index contributed by atoms with van der Waals surface area (Å²) in [5, 5.41) is 8.87. The van der Waals surface area contributed by atoms with Gasteiger partial charge in [0.1, 0.15) is 12.3 Å². The topological polar surface area (TPSA) is 83.9 Å². The van der Waals surface area contributed by atoms with E-state index in [1.54, 1.807) is 26.0 Å². The van der Waals surface area contributed by atoms with Crippen LogP contribution < -0.4 is 4.74 Å². The van der Waals surface area contributed by atoms with Gasteiger partial charge in [-0.1, -0.05) is 0 Å². The summed E-state index contributed by atoms with van der Waals surface area (Å²) in [5.74, 6) is -0.481. The molecular weight excluding hydrogens is 282 g/mol. The molecule has 2 rings (SSSR count). The molecule has 0 aromatic heterocycles. The van der Waals surface area contributed by atoms with Gasteiger partial charge in [0.25, 0.3) is 0 Å². The average molecular weight is 299 g/mol. The van der Waals surface area contributed by atoms with E-state index in [9.17, 15) is 13.2 Å². The molecule has 0 saturated carbocycles. The summed E-state index contributed by atoms with van der Waals surface area (Å²) < 4.78 is 31.4. The first kappa shape index (κ1) is 14.8. The van der Waals surface area contributed by atoms with E-state index in [2.05, 4.69) is 0 Å². The van der Waals surface area contributed by atoms with Crippen LogP contribution in [0.2, 0.25) is 0 Å². The van der Waals surface area contributed by atoms with Crippen LogP contribution in [0.15, 0.2) is 23.1 Å². The van der Waals surface area contributed by atoms with Crippen LogP contribution in [0.4, 0.5) is 0 Å². The van der Waals surface area contributed by atoms with Gasteiger partial charge in [0.05, 0.1) is 11.5 Å². The van der Waals surface area contributed by atoms with Crippen LogP contribution >= 0.6 is 0 Å². The van der Waals surface area contributed by atoms with Crippen molar-refractivity contribution in [1.29, 1.82) is 0 Å². The zero-order valence-corrected chi connectivity index (χ0v) is 12.2. The number of sulfonamides is 1. The molecule has 7 heteroatoms. The molecule has 0 aliphatic carbocycles. The Labute approximate surface area is 118 Å². The van der Waals surface area contributed by atoms with Crippen molar-refractivity contribution in [3.63, 3.8) is 0 Å². The fourth-order valence-electron chi connectivity index (χ4n) is 2.14. The zero-order valence-electron chi connectivity index (χ0n) is 11.4. The molecule has 1 heterocycles. The Morgan fingerprint density at radius 2 is 2.15 bits per heavy atom. The molecule has 6 nitrogen and oxygen atoms in total. The van der Waals surface area contributed by atoms with E-state index in [1.807, 2.05) is 0 Å². The molecule has 0 spiro atoms. The van der Waals surface area contributed by atoms with Crippen LogP contribution in [0, 0.1) is 0 Å². The molecular formula is C13H17NO5S. The summed E-state index contributed by atoms with van der Waals surface area (Å²) in [4.78, 5) is 11.0. The van der Waals surface area contributed by atoms with Crippen molar-refractivity contribution in [2.45, 2.75) is 31.2 Å². The number of carbonyl (C=O) groups is 1. The van der Waals surface area contributed by atoms with Gasteiger partial charge in [-0.05, 0) is 37.6 Å². The standard InChI is InChI=1S/C13H17NO5S/c1-9(2)14(8-13(15)16)20(17,18)11-3-4-12-10(7-11)5-6-19-12/h3-4,7,9H,5-6,8H2,1-2H3,(H,15,16). The van der Waals surface area contributed by atoms with Gasteiger partial charge in [-0.3, -0.25) is 4.79 Å². The summed E-state index contributed by atoms with van der Waals surface area (Å²) in [7, 11) is -3.82. The van der Waals surface area contributed by atoms with Crippen LogP contribution in [0.5, 0.6) is 5.75 Å². The lowest BCUT2D eigenvalue weighted by molar-refractivity contribution is -0.137. The van der Waals surface area contributed by atoms with E-state index < -0.39 is 28.6 Å². The molecule has 1 aliphatic heterocycles. The van der Waals surface area contributed by atoms with E-state index in [-0.39, 0.29) is 4.90 Å². The Morgan fingerprint density at radius 3 is 2.75 bits per heavy atom. The number of fused-ring (bicyclic) bond motifs is 1. The Hall–Kier alpha value is -1.60. The molecule has 0 amide bonds. The quantitative estimate of drug-likeness (QED) is 0.880. The van der Waals surface area contributed by atoms with E-state index in [0.29, 0.717) is 18.8 Å². The third kappa shape index (κ3) is 2.78.